The SMILES string of the molecule is Cc1ccccc1N1C=C(c2ccc3c(c2)sc2ccccc23)N(C)C1. The van der Waals surface area contributed by atoms with E-state index in [0.717, 1.165) is 6.67 Å². The lowest BCUT2D eigenvalue weighted by Gasteiger charge is -2.21. The average Bonchev–Trinajstić information content (AvgIpc) is 3.22. The van der Waals surface area contributed by atoms with Crippen LogP contribution >= 0.6 is 11.3 Å². The summed E-state index contributed by atoms with van der Waals surface area (Å²) in [5.41, 5.74) is 5.13. The van der Waals surface area contributed by atoms with E-state index < -0.39 is 0 Å². The van der Waals surface area contributed by atoms with Crippen molar-refractivity contribution in [3.63, 3.8) is 0 Å². The maximum Gasteiger partial charge on any atom is 0.0944 e. The molecule has 5 rings (SSSR count). The number of hydrogen-bond donors (Lipinski definition) is 0. The number of thiophene rings is 1. The molecule has 2 heterocycles. The molecule has 3 aromatic carbocycles. The minimum Gasteiger partial charge on any atom is -0.355 e. The van der Waals surface area contributed by atoms with Gasteiger partial charge in [-0.15, -0.1) is 11.3 Å². The molecular weight excluding hydrogens is 336 g/mol. The largest absolute Gasteiger partial charge is 0.355 e. The van der Waals surface area contributed by atoms with Crippen LogP contribution in [0.2, 0.25) is 0 Å². The minimum atomic E-state index is 0.880. The molecule has 0 radical (unpaired) electrons. The molecular formula is C23H20N2S. The summed E-state index contributed by atoms with van der Waals surface area (Å²) in [7, 11) is 2.17. The number of anilines is 1. The maximum atomic E-state index is 2.34. The van der Waals surface area contributed by atoms with Crippen molar-refractivity contribution < 1.29 is 0 Å². The fourth-order valence-corrected chi connectivity index (χ4v) is 4.95. The number of rotatable bonds is 2. The third-order valence-electron chi connectivity index (χ3n) is 5.15. The summed E-state index contributed by atoms with van der Waals surface area (Å²) >= 11 is 1.88. The third-order valence-corrected chi connectivity index (χ3v) is 6.29. The molecule has 1 aliphatic rings. The van der Waals surface area contributed by atoms with Gasteiger partial charge in [0.15, 0.2) is 0 Å². The summed E-state index contributed by atoms with van der Waals surface area (Å²) in [6, 6.07) is 24.1. The van der Waals surface area contributed by atoms with Crippen molar-refractivity contribution in [3.05, 3.63) is 84.1 Å². The number of hydrogen-bond acceptors (Lipinski definition) is 3. The Morgan fingerprint density at radius 2 is 1.62 bits per heavy atom. The lowest BCUT2D eigenvalue weighted by molar-refractivity contribution is 0.516. The standard InChI is InChI=1S/C23H20N2S/c1-16-7-3-5-9-20(16)25-14-21(24(2)15-25)17-11-12-19-18-8-4-6-10-22(18)26-23(19)13-17/h3-14H,15H2,1-2H3. The molecule has 2 nitrogen and oxygen atoms in total. The van der Waals surface area contributed by atoms with Gasteiger partial charge in [-0.1, -0.05) is 48.5 Å². The quantitative estimate of drug-likeness (QED) is 0.430. The Balaban J connectivity index is 1.59. The monoisotopic (exact) mass is 356 g/mol. The van der Waals surface area contributed by atoms with Gasteiger partial charge in [0.25, 0.3) is 0 Å². The lowest BCUT2D eigenvalue weighted by Crippen LogP contribution is -2.23. The molecule has 128 valence electrons. The second kappa shape index (κ2) is 5.89. The summed E-state index contributed by atoms with van der Waals surface area (Å²) in [5, 5.41) is 2.71. The number of aryl methyl sites for hydroxylation is 1. The van der Waals surface area contributed by atoms with Crippen LogP contribution in [-0.2, 0) is 0 Å². The van der Waals surface area contributed by atoms with Gasteiger partial charge in [0, 0.05) is 44.7 Å². The van der Waals surface area contributed by atoms with Crippen LogP contribution in [0, 0.1) is 6.92 Å². The van der Waals surface area contributed by atoms with Gasteiger partial charge < -0.3 is 9.80 Å². The molecule has 1 aliphatic heterocycles. The Morgan fingerprint density at radius 3 is 2.50 bits per heavy atom. The molecule has 0 fully saturated rings. The predicted molar refractivity (Wildman–Crippen MR) is 114 cm³/mol. The van der Waals surface area contributed by atoms with E-state index in [-0.39, 0.29) is 0 Å². The topological polar surface area (TPSA) is 6.48 Å². The first-order valence-corrected chi connectivity index (χ1v) is 9.69. The van der Waals surface area contributed by atoms with E-state index >= 15 is 0 Å². The fourth-order valence-electron chi connectivity index (χ4n) is 3.80. The summed E-state index contributed by atoms with van der Waals surface area (Å²) in [5.74, 6) is 0. The van der Waals surface area contributed by atoms with E-state index in [1.807, 2.05) is 11.3 Å². The number of fused-ring (bicyclic) bond motifs is 3. The molecule has 0 N–H and O–H groups in total. The Labute approximate surface area is 157 Å². The highest BCUT2D eigenvalue weighted by molar-refractivity contribution is 7.25. The van der Waals surface area contributed by atoms with Crippen molar-refractivity contribution in [1.82, 2.24) is 4.90 Å². The summed E-state index contributed by atoms with van der Waals surface area (Å²) in [6.45, 7) is 3.05. The van der Waals surface area contributed by atoms with Crippen LogP contribution in [0.25, 0.3) is 25.9 Å². The molecule has 1 aromatic heterocycles. The average molecular weight is 356 g/mol. The van der Waals surface area contributed by atoms with Gasteiger partial charge in [0.05, 0.1) is 12.4 Å². The third kappa shape index (κ3) is 2.39. The molecule has 0 atom stereocenters. The molecule has 3 heteroatoms. The highest BCUT2D eigenvalue weighted by Gasteiger charge is 2.21. The van der Waals surface area contributed by atoms with Crippen LogP contribution in [0.1, 0.15) is 11.1 Å². The molecule has 0 unspecified atom stereocenters. The van der Waals surface area contributed by atoms with Crippen molar-refractivity contribution in [2.45, 2.75) is 6.92 Å². The van der Waals surface area contributed by atoms with Crippen molar-refractivity contribution >= 4 is 42.9 Å². The maximum absolute atomic E-state index is 2.34. The van der Waals surface area contributed by atoms with Crippen LogP contribution < -0.4 is 4.90 Å². The minimum absolute atomic E-state index is 0.880. The molecule has 0 amide bonds. The Hall–Kier alpha value is -2.78. The van der Waals surface area contributed by atoms with Crippen LogP contribution in [0.15, 0.2) is 72.9 Å². The molecule has 0 aliphatic carbocycles. The Bertz CT molecular complexity index is 1160. The van der Waals surface area contributed by atoms with Crippen molar-refractivity contribution in [2.24, 2.45) is 0 Å². The first kappa shape index (κ1) is 15.5. The smallest absolute Gasteiger partial charge is 0.0944 e. The van der Waals surface area contributed by atoms with Crippen LogP contribution in [0.3, 0.4) is 0 Å². The zero-order chi connectivity index (χ0) is 17.7. The van der Waals surface area contributed by atoms with Crippen LogP contribution in [-0.4, -0.2) is 18.6 Å². The van der Waals surface area contributed by atoms with Crippen LogP contribution in [0.4, 0.5) is 5.69 Å². The van der Waals surface area contributed by atoms with E-state index in [9.17, 15) is 0 Å². The number of nitrogens with zero attached hydrogens (tertiary/aromatic N) is 2. The highest BCUT2D eigenvalue weighted by Crippen LogP contribution is 2.37. The van der Waals surface area contributed by atoms with E-state index in [4.69, 9.17) is 0 Å². The summed E-state index contributed by atoms with van der Waals surface area (Å²) in [4.78, 5) is 4.65. The van der Waals surface area contributed by atoms with Gasteiger partial charge in [0.1, 0.15) is 0 Å². The zero-order valence-corrected chi connectivity index (χ0v) is 15.8. The fraction of sp³-hybridized carbons (Fsp3) is 0.130. The molecule has 0 spiro atoms. The number of benzene rings is 3. The second-order valence-corrected chi connectivity index (χ2v) is 8.00. The molecule has 0 bridgehead atoms. The molecule has 0 saturated heterocycles. The first-order valence-electron chi connectivity index (χ1n) is 8.87. The molecule has 0 saturated carbocycles. The van der Waals surface area contributed by atoms with E-state index in [1.165, 1.54) is 42.7 Å². The predicted octanol–water partition coefficient (Wildman–Crippen LogP) is 6.07. The first-order chi connectivity index (χ1) is 12.7. The van der Waals surface area contributed by atoms with Crippen molar-refractivity contribution in [1.29, 1.82) is 0 Å². The van der Waals surface area contributed by atoms with Crippen molar-refractivity contribution in [3.8, 4) is 0 Å². The van der Waals surface area contributed by atoms with Gasteiger partial charge in [-0.05, 0) is 30.7 Å². The summed E-state index contributed by atoms with van der Waals surface area (Å²) in [6.07, 6.45) is 2.27. The van der Waals surface area contributed by atoms with Crippen LogP contribution in [0.5, 0.6) is 0 Å². The van der Waals surface area contributed by atoms with Gasteiger partial charge in [0.2, 0.25) is 0 Å². The zero-order valence-electron chi connectivity index (χ0n) is 14.9. The van der Waals surface area contributed by atoms with E-state index in [1.54, 1.807) is 0 Å². The normalized spacial score (nSPS) is 14.5. The van der Waals surface area contributed by atoms with E-state index in [2.05, 4.69) is 96.7 Å². The van der Waals surface area contributed by atoms with Gasteiger partial charge >= 0.3 is 0 Å². The Kier molecular flexibility index (Phi) is 3.50. The summed E-state index contributed by atoms with van der Waals surface area (Å²) < 4.78 is 2.71. The molecule has 4 aromatic rings. The highest BCUT2D eigenvalue weighted by atomic mass is 32.1. The number of para-hydroxylation sites is 1. The van der Waals surface area contributed by atoms with E-state index in [0.29, 0.717) is 0 Å². The lowest BCUT2D eigenvalue weighted by atomic mass is 10.1. The Morgan fingerprint density at radius 1 is 0.846 bits per heavy atom. The van der Waals surface area contributed by atoms with Gasteiger partial charge in [-0.2, -0.15) is 0 Å². The van der Waals surface area contributed by atoms with Gasteiger partial charge in [-0.3, -0.25) is 0 Å². The van der Waals surface area contributed by atoms with Crippen molar-refractivity contribution in [2.75, 3.05) is 18.6 Å². The van der Waals surface area contributed by atoms with Gasteiger partial charge in [-0.25, -0.2) is 0 Å². The second-order valence-electron chi connectivity index (χ2n) is 6.92. The molecule has 26 heavy (non-hydrogen) atoms.